The molecule has 0 aromatic heterocycles. The van der Waals surface area contributed by atoms with Crippen molar-refractivity contribution in [2.45, 2.75) is 19.8 Å². The summed E-state index contributed by atoms with van der Waals surface area (Å²) in [7, 11) is 0. The second kappa shape index (κ2) is 9.66. The van der Waals surface area contributed by atoms with Crippen LogP contribution in [0.15, 0.2) is 60.7 Å². The first-order valence-corrected chi connectivity index (χ1v) is 10.8. The molecule has 1 heterocycles. The fraction of sp³-hybridized carbons (Fsp3) is 0.192. The third kappa shape index (κ3) is 4.71. The number of nitrogens with one attached hydrogen (secondary N) is 1. The maximum absolute atomic E-state index is 12.9. The molecule has 0 unspecified atom stereocenters. The lowest BCUT2D eigenvalue weighted by atomic mass is 9.94. The van der Waals surface area contributed by atoms with Crippen LogP contribution in [0.3, 0.4) is 0 Å². The van der Waals surface area contributed by atoms with Crippen molar-refractivity contribution in [2.24, 2.45) is 0 Å². The number of rotatable bonds is 8. The van der Waals surface area contributed by atoms with Crippen molar-refractivity contribution in [3.63, 3.8) is 0 Å². The van der Waals surface area contributed by atoms with Gasteiger partial charge in [-0.1, -0.05) is 24.3 Å². The molecular weight excluding hydrogens is 436 g/mol. The van der Waals surface area contributed by atoms with Crippen molar-refractivity contribution < 1.29 is 28.7 Å². The van der Waals surface area contributed by atoms with Crippen LogP contribution in [-0.2, 0) is 14.3 Å². The number of hydrogen-bond acceptors (Lipinski definition) is 6. The Labute approximate surface area is 195 Å². The van der Waals surface area contributed by atoms with Crippen LogP contribution in [0.4, 0.5) is 5.69 Å². The minimum Gasteiger partial charge on any atom is -0.456 e. The predicted molar refractivity (Wildman–Crippen MR) is 125 cm³/mol. The summed E-state index contributed by atoms with van der Waals surface area (Å²) in [6.45, 7) is 1.04. The summed E-state index contributed by atoms with van der Waals surface area (Å²) in [6, 6.07) is 17.0. The van der Waals surface area contributed by atoms with Crippen LogP contribution < -0.4 is 5.32 Å². The van der Waals surface area contributed by atoms with E-state index in [0.29, 0.717) is 27.8 Å². The van der Waals surface area contributed by atoms with Gasteiger partial charge in [0, 0.05) is 40.7 Å². The molecule has 1 aliphatic heterocycles. The Balaban J connectivity index is 1.26. The molecule has 4 rings (SSSR count). The predicted octanol–water partition coefficient (Wildman–Crippen LogP) is 3.60. The van der Waals surface area contributed by atoms with Gasteiger partial charge in [-0.3, -0.25) is 28.9 Å². The number of hydrogen-bond donors (Lipinski definition) is 1. The first kappa shape index (κ1) is 22.8. The van der Waals surface area contributed by atoms with E-state index in [2.05, 4.69) is 5.32 Å². The summed E-state index contributed by atoms with van der Waals surface area (Å²) in [5.74, 6) is -1.99. The summed E-state index contributed by atoms with van der Waals surface area (Å²) in [5, 5.41) is 4.05. The smallest absolute Gasteiger partial charge is 0.306 e. The molecule has 172 valence electrons. The monoisotopic (exact) mass is 458 g/mol. The summed E-state index contributed by atoms with van der Waals surface area (Å²) in [6.07, 6.45) is 0.159. The summed E-state index contributed by atoms with van der Waals surface area (Å²) >= 11 is 0. The zero-order chi connectivity index (χ0) is 24.2. The van der Waals surface area contributed by atoms with Gasteiger partial charge in [0.1, 0.15) is 0 Å². The van der Waals surface area contributed by atoms with E-state index < -0.39 is 30.3 Å². The van der Waals surface area contributed by atoms with Gasteiger partial charge in [0.05, 0.1) is 0 Å². The SMILES string of the molecule is CC(=O)c1ccc(NC(=O)COC(=O)CCCN2C(=O)c3cccc4cccc(c34)C2=O)cc1. The average molecular weight is 458 g/mol. The number of ether oxygens (including phenoxy) is 1. The van der Waals surface area contributed by atoms with E-state index in [0.717, 1.165) is 10.3 Å². The Morgan fingerprint density at radius 2 is 1.50 bits per heavy atom. The Kier molecular flexibility index (Phi) is 6.49. The standard InChI is InChI=1S/C26H22N2O6/c1-16(29)17-10-12-19(13-11-17)27-22(30)15-34-23(31)9-4-14-28-25(32)20-7-2-5-18-6-3-8-21(24(18)20)26(28)33/h2-3,5-8,10-13H,4,9,14-15H2,1H3,(H,27,30). The molecule has 0 atom stereocenters. The van der Waals surface area contributed by atoms with Crippen LogP contribution >= 0.6 is 0 Å². The van der Waals surface area contributed by atoms with E-state index in [4.69, 9.17) is 4.74 Å². The fourth-order valence-corrected chi connectivity index (χ4v) is 3.87. The number of imide groups is 1. The number of carbonyl (C=O) groups is 5. The average Bonchev–Trinajstić information content (AvgIpc) is 2.83. The molecule has 1 N–H and O–H groups in total. The highest BCUT2D eigenvalue weighted by Gasteiger charge is 2.32. The van der Waals surface area contributed by atoms with Gasteiger partial charge < -0.3 is 10.1 Å². The van der Waals surface area contributed by atoms with Gasteiger partial charge in [0.25, 0.3) is 17.7 Å². The van der Waals surface area contributed by atoms with Crippen LogP contribution in [0.25, 0.3) is 10.8 Å². The molecule has 8 nitrogen and oxygen atoms in total. The number of Topliss-reactive ketones (excluding diaryl/α,β-unsaturated/α-hetero) is 1. The van der Waals surface area contributed by atoms with Gasteiger partial charge >= 0.3 is 5.97 Å². The highest BCUT2D eigenvalue weighted by molar-refractivity contribution is 6.25. The molecule has 3 amide bonds. The lowest BCUT2D eigenvalue weighted by Gasteiger charge is -2.27. The van der Waals surface area contributed by atoms with Crippen molar-refractivity contribution in [1.82, 2.24) is 4.90 Å². The van der Waals surface area contributed by atoms with Gasteiger partial charge in [-0.25, -0.2) is 0 Å². The van der Waals surface area contributed by atoms with Gasteiger partial charge in [-0.05, 0) is 55.1 Å². The number of benzene rings is 3. The van der Waals surface area contributed by atoms with Crippen LogP contribution in [-0.4, -0.2) is 47.5 Å². The Hall–Kier alpha value is -4.33. The molecule has 3 aromatic carbocycles. The topological polar surface area (TPSA) is 110 Å². The zero-order valence-corrected chi connectivity index (χ0v) is 18.5. The zero-order valence-electron chi connectivity index (χ0n) is 18.5. The Morgan fingerprint density at radius 1 is 0.882 bits per heavy atom. The van der Waals surface area contributed by atoms with Crippen molar-refractivity contribution >= 4 is 45.9 Å². The number of esters is 1. The summed E-state index contributed by atoms with van der Waals surface area (Å²) < 4.78 is 4.99. The van der Waals surface area contributed by atoms with Crippen molar-refractivity contribution in [2.75, 3.05) is 18.5 Å². The minimum absolute atomic E-state index is 0.0521. The van der Waals surface area contributed by atoms with Gasteiger partial charge in [0.15, 0.2) is 12.4 Å². The summed E-state index contributed by atoms with van der Waals surface area (Å²) in [5.41, 5.74) is 1.92. The van der Waals surface area contributed by atoms with E-state index in [9.17, 15) is 24.0 Å². The van der Waals surface area contributed by atoms with E-state index in [-0.39, 0.29) is 25.2 Å². The number of ketones is 1. The first-order chi connectivity index (χ1) is 16.3. The molecule has 8 heteroatoms. The van der Waals surface area contributed by atoms with Crippen molar-refractivity contribution in [3.05, 3.63) is 77.4 Å². The Morgan fingerprint density at radius 3 is 2.09 bits per heavy atom. The normalized spacial score (nSPS) is 12.6. The highest BCUT2D eigenvalue weighted by Crippen LogP contribution is 2.30. The third-order valence-electron chi connectivity index (χ3n) is 5.56. The maximum atomic E-state index is 12.9. The molecular formula is C26H22N2O6. The van der Waals surface area contributed by atoms with Gasteiger partial charge in [-0.2, -0.15) is 0 Å². The van der Waals surface area contributed by atoms with E-state index in [1.165, 1.54) is 6.92 Å². The molecule has 0 spiro atoms. The molecule has 0 fully saturated rings. The van der Waals surface area contributed by atoms with Crippen LogP contribution in [0, 0.1) is 0 Å². The second-order valence-corrected chi connectivity index (χ2v) is 7.92. The second-order valence-electron chi connectivity index (χ2n) is 7.92. The molecule has 0 bridgehead atoms. The first-order valence-electron chi connectivity index (χ1n) is 10.8. The molecule has 34 heavy (non-hydrogen) atoms. The quantitative estimate of drug-likeness (QED) is 0.314. The van der Waals surface area contributed by atoms with Gasteiger partial charge in [-0.15, -0.1) is 0 Å². The maximum Gasteiger partial charge on any atom is 0.306 e. The molecule has 0 saturated heterocycles. The van der Waals surface area contributed by atoms with Crippen molar-refractivity contribution in [3.8, 4) is 0 Å². The minimum atomic E-state index is -0.610. The van der Waals surface area contributed by atoms with E-state index in [1.807, 2.05) is 12.1 Å². The lowest BCUT2D eigenvalue weighted by molar-refractivity contribution is -0.147. The van der Waals surface area contributed by atoms with Crippen LogP contribution in [0.2, 0.25) is 0 Å². The number of amides is 3. The molecule has 0 radical (unpaired) electrons. The van der Waals surface area contributed by atoms with E-state index >= 15 is 0 Å². The highest BCUT2D eigenvalue weighted by atomic mass is 16.5. The van der Waals surface area contributed by atoms with Crippen LogP contribution in [0.5, 0.6) is 0 Å². The molecule has 3 aromatic rings. The molecule has 0 aliphatic carbocycles. The van der Waals surface area contributed by atoms with Crippen molar-refractivity contribution in [1.29, 1.82) is 0 Å². The molecule has 1 aliphatic rings. The lowest BCUT2D eigenvalue weighted by Crippen LogP contribution is -2.41. The van der Waals surface area contributed by atoms with Gasteiger partial charge in [0.2, 0.25) is 0 Å². The number of anilines is 1. The third-order valence-corrected chi connectivity index (χ3v) is 5.56. The number of carbonyl (C=O) groups excluding carboxylic acids is 5. The van der Waals surface area contributed by atoms with E-state index in [1.54, 1.807) is 48.5 Å². The van der Waals surface area contributed by atoms with Crippen LogP contribution in [0.1, 0.15) is 50.8 Å². The fourth-order valence-electron chi connectivity index (χ4n) is 3.87. The largest absolute Gasteiger partial charge is 0.456 e. The summed E-state index contributed by atoms with van der Waals surface area (Å²) in [4.78, 5) is 62.2. The number of nitrogens with zero attached hydrogens (tertiary/aromatic N) is 1. The molecule has 0 saturated carbocycles. The Bertz CT molecular complexity index is 1260.